The third-order valence-electron chi connectivity index (χ3n) is 10.2. The highest BCUT2D eigenvalue weighted by Gasteiger charge is 2.33. The van der Waals surface area contributed by atoms with E-state index in [0.29, 0.717) is 50.5 Å². The molecule has 2 aromatic carbocycles. The van der Waals surface area contributed by atoms with Gasteiger partial charge in [0.2, 0.25) is 41.4 Å². The fraction of sp³-hybridized carbons (Fsp3) is 0.535. The van der Waals surface area contributed by atoms with E-state index in [1.165, 1.54) is 11.9 Å². The number of unbranched alkanes of at least 4 members (excludes halogenated alkanes) is 2. The largest absolute Gasteiger partial charge is 0.506 e. The van der Waals surface area contributed by atoms with Gasteiger partial charge in [0.25, 0.3) is 0 Å². The van der Waals surface area contributed by atoms with Gasteiger partial charge in [-0.25, -0.2) is 0 Å². The Bertz CT molecular complexity index is 1900. The lowest BCUT2D eigenvalue weighted by Gasteiger charge is -2.30. The highest BCUT2D eigenvalue weighted by Crippen LogP contribution is 2.28. The van der Waals surface area contributed by atoms with E-state index in [-0.39, 0.29) is 37.4 Å². The maximum absolute atomic E-state index is 14.3. The molecule has 21 heteroatoms. The molecule has 0 aliphatic carbocycles. The molecule has 0 fully saturated rings. The topological polar surface area (TPSA) is 318 Å². The zero-order chi connectivity index (χ0) is 48.1. The number of carbonyl (C=O) groups is 8. The van der Waals surface area contributed by atoms with Crippen LogP contribution >= 0.6 is 45.2 Å². The van der Waals surface area contributed by atoms with Gasteiger partial charge in [-0.3, -0.25) is 38.4 Å². The summed E-state index contributed by atoms with van der Waals surface area (Å²) < 4.78 is 0.953. The van der Waals surface area contributed by atoms with Crippen LogP contribution in [0.25, 0.3) is 0 Å². The maximum atomic E-state index is 14.3. The van der Waals surface area contributed by atoms with Crippen LogP contribution in [0.4, 0.5) is 0 Å². The van der Waals surface area contributed by atoms with Gasteiger partial charge < -0.3 is 58.9 Å². The molecule has 0 unspecified atom stereocenters. The number of primary amides is 1. The number of aliphatic carboxylic acids is 1. The lowest BCUT2D eigenvalue weighted by Crippen LogP contribution is -2.59. The summed E-state index contributed by atoms with van der Waals surface area (Å²) in [5, 5.41) is 32.8. The predicted octanol–water partition coefficient (Wildman–Crippen LogP) is 0.922. The number of rotatable bonds is 28. The van der Waals surface area contributed by atoms with Gasteiger partial charge in [-0.1, -0.05) is 63.9 Å². The van der Waals surface area contributed by atoms with Gasteiger partial charge in [0.15, 0.2) is 0 Å². The van der Waals surface area contributed by atoms with Crippen LogP contribution in [0.2, 0.25) is 0 Å². The number of phenolic OH excluding ortho intramolecular Hbond substituents is 1. The number of nitrogens with one attached hydrogen (secondary N) is 5. The average molecular weight is 1120 g/mol. The summed E-state index contributed by atoms with van der Waals surface area (Å²) in [5.41, 5.74) is 18.2. The molecule has 6 atom stereocenters. The van der Waals surface area contributed by atoms with E-state index >= 15 is 0 Å². The zero-order valence-electron chi connectivity index (χ0n) is 36.7. The van der Waals surface area contributed by atoms with Crippen LogP contribution in [0, 0.1) is 13.1 Å². The summed E-state index contributed by atoms with van der Waals surface area (Å²) >= 11 is 3.87. The van der Waals surface area contributed by atoms with Crippen molar-refractivity contribution in [2.75, 3.05) is 20.1 Å². The minimum Gasteiger partial charge on any atom is -0.506 e. The molecule has 0 radical (unpaired) electrons. The first-order chi connectivity index (χ1) is 30.2. The normalized spacial score (nSPS) is 13.9. The quantitative estimate of drug-likeness (QED) is 0.0421. The average Bonchev–Trinajstić information content (AvgIpc) is 3.23. The van der Waals surface area contributed by atoms with Crippen molar-refractivity contribution in [3.63, 3.8) is 0 Å². The fourth-order valence-electron chi connectivity index (χ4n) is 6.54. The van der Waals surface area contributed by atoms with Gasteiger partial charge in [0, 0.05) is 19.9 Å². The van der Waals surface area contributed by atoms with Crippen molar-refractivity contribution >= 4 is 92.5 Å². The lowest BCUT2D eigenvalue weighted by atomic mass is 10.0. The van der Waals surface area contributed by atoms with E-state index in [2.05, 4.69) is 26.6 Å². The van der Waals surface area contributed by atoms with Crippen molar-refractivity contribution in [3.8, 4) is 5.75 Å². The molecular weight excluding hydrogens is 1060 g/mol. The highest BCUT2D eigenvalue weighted by molar-refractivity contribution is 14.1. The lowest BCUT2D eigenvalue weighted by molar-refractivity contribution is -0.141. The second kappa shape index (κ2) is 28.3. The Morgan fingerprint density at radius 2 is 1.27 bits per heavy atom. The van der Waals surface area contributed by atoms with Gasteiger partial charge in [0.05, 0.1) is 26.1 Å². The number of hydrogen-bond acceptors (Lipinski definition) is 11. The summed E-state index contributed by atoms with van der Waals surface area (Å²) in [6.45, 7) is 5.38. The van der Waals surface area contributed by atoms with Crippen LogP contribution < -0.4 is 43.8 Å². The maximum Gasteiger partial charge on any atom is 0.305 e. The molecule has 0 saturated carbocycles. The van der Waals surface area contributed by atoms with E-state index in [1.807, 2.05) is 66.0 Å². The molecule has 0 bridgehead atoms. The number of carbonyl (C=O) groups excluding carboxylic acids is 7. The number of carboxylic acid groups (broad SMARTS) is 1. The third-order valence-corrected chi connectivity index (χ3v) is 11.8. The first-order valence-corrected chi connectivity index (χ1v) is 23.3. The molecule has 0 aromatic heterocycles. The number of benzene rings is 2. The van der Waals surface area contributed by atoms with Crippen molar-refractivity contribution in [3.05, 3.63) is 60.7 Å². The standard InChI is InChI=1S/C43H63I2N9O10/c1-5-6-14-30(38(48)59)50-43(64)34(17-24(2)3)54(4)35(55)23-49-40(61)32(21-26-18-27(44)37(58)28(45)19-26)52-42(63)33(20-25-12-8-7-9-13-25)53-41(62)31(15-10-11-16-46)51-39(60)29(47)22-36(56)57/h7-9,12-13,18-19,24,29-34,58H,5-6,10-11,14-17,20-23,46-47H2,1-4H3,(H2,48,59)(H,49,61)(H,50,64)(H,51,60)(H,52,63)(H,53,62)(H,56,57)/t29-,30-,31-,32-,33-,34-/m0/s1. The number of aromatic hydroxyl groups is 1. The number of likely N-dealkylation sites (N-methyl/N-ethyl adjacent to an activating group) is 1. The van der Waals surface area contributed by atoms with Crippen molar-refractivity contribution < 1.29 is 48.6 Å². The summed E-state index contributed by atoms with van der Waals surface area (Å²) in [4.78, 5) is 107. The van der Waals surface area contributed by atoms with E-state index in [0.717, 1.165) is 6.42 Å². The number of nitrogens with zero attached hydrogens (tertiary/aromatic N) is 1. The van der Waals surface area contributed by atoms with Crippen molar-refractivity contribution in [2.24, 2.45) is 23.1 Å². The third kappa shape index (κ3) is 19.2. The number of carboxylic acids is 1. The summed E-state index contributed by atoms with van der Waals surface area (Å²) in [6.07, 6.45) is 2.10. The van der Waals surface area contributed by atoms with Gasteiger partial charge in [0.1, 0.15) is 36.0 Å². The Labute approximate surface area is 401 Å². The molecule has 354 valence electrons. The molecular formula is C43H63I2N9O10. The highest BCUT2D eigenvalue weighted by atomic mass is 127. The Balaban J connectivity index is 2.46. The molecule has 19 nitrogen and oxygen atoms in total. The molecule has 0 heterocycles. The summed E-state index contributed by atoms with van der Waals surface area (Å²) in [6, 6.07) is 4.67. The Morgan fingerprint density at radius 1 is 0.734 bits per heavy atom. The summed E-state index contributed by atoms with van der Waals surface area (Å²) in [5.74, 6) is -6.47. The molecule has 2 rings (SSSR count). The van der Waals surface area contributed by atoms with E-state index in [9.17, 15) is 43.5 Å². The Kier molecular flexibility index (Phi) is 24.6. The first-order valence-electron chi connectivity index (χ1n) is 21.1. The SMILES string of the molecule is CCCC[C@H](NC(=O)[C@H](CC(C)C)N(C)C(=O)CNC(=O)[C@H](Cc1cc(I)c(O)c(I)c1)NC(=O)[C@H](Cc1ccccc1)NC(=O)[C@H](CCCCN)NC(=O)[C@@H](N)CC(=O)O)C(N)=O. The molecule has 0 spiro atoms. The number of hydrogen-bond donors (Lipinski definition) is 10. The van der Waals surface area contributed by atoms with E-state index in [4.69, 9.17) is 22.3 Å². The van der Waals surface area contributed by atoms with Crippen LogP contribution in [0.3, 0.4) is 0 Å². The zero-order valence-corrected chi connectivity index (χ0v) is 41.0. The summed E-state index contributed by atoms with van der Waals surface area (Å²) in [7, 11) is 1.41. The Morgan fingerprint density at radius 3 is 1.81 bits per heavy atom. The number of amides is 7. The molecule has 64 heavy (non-hydrogen) atoms. The van der Waals surface area contributed by atoms with Crippen LogP contribution in [-0.2, 0) is 51.2 Å². The number of nitrogens with two attached hydrogens (primary N) is 3. The van der Waals surface area contributed by atoms with Crippen LogP contribution in [0.15, 0.2) is 42.5 Å². The van der Waals surface area contributed by atoms with Crippen LogP contribution in [0.1, 0.15) is 83.3 Å². The predicted molar refractivity (Wildman–Crippen MR) is 256 cm³/mol. The molecule has 2 aromatic rings. The van der Waals surface area contributed by atoms with Crippen molar-refractivity contribution in [1.82, 2.24) is 31.5 Å². The molecule has 0 aliphatic rings. The van der Waals surface area contributed by atoms with Gasteiger partial charge in [-0.15, -0.1) is 0 Å². The molecule has 0 aliphatic heterocycles. The minimum absolute atomic E-state index is 0.0267. The number of phenols is 1. The minimum atomic E-state index is -1.45. The van der Waals surface area contributed by atoms with E-state index in [1.54, 1.807) is 42.5 Å². The monoisotopic (exact) mass is 1120 g/mol. The molecule has 0 saturated heterocycles. The van der Waals surface area contributed by atoms with Gasteiger partial charge in [-0.2, -0.15) is 0 Å². The second-order valence-electron chi connectivity index (χ2n) is 15.9. The Hall–Kier alpha value is -4.62. The van der Waals surface area contributed by atoms with Crippen LogP contribution in [-0.4, -0.2) is 119 Å². The van der Waals surface area contributed by atoms with E-state index < -0.39 is 96.5 Å². The second-order valence-corrected chi connectivity index (χ2v) is 18.3. The van der Waals surface area contributed by atoms with Crippen molar-refractivity contribution in [2.45, 2.75) is 121 Å². The number of halogens is 2. The smallest absolute Gasteiger partial charge is 0.305 e. The van der Waals surface area contributed by atoms with Gasteiger partial charge in [-0.05, 0) is 113 Å². The van der Waals surface area contributed by atoms with Crippen LogP contribution in [0.5, 0.6) is 5.75 Å². The van der Waals surface area contributed by atoms with Gasteiger partial charge >= 0.3 is 5.97 Å². The van der Waals surface area contributed by atoms with Crippen molar-refractivity contribution in [1.29, 1.82) is 0 Å². The fourth-order valence-corrected chi connectivity index (χ4v) is 8.44. The first kappa shape index (κ1) is 55.5. The molecule has 7 amide bonds. The molecule has 13 N–H and O–H groups in total.